The molecule has 0 saturated heterocycles. The topological polar surface area (TPSA) is 71.8 Å². The van der Waals surface area contributed by atoms with Gasteiger partial charge in [0.1, 0.15) is 11.2 Å². The van der Waals surface area contributed by atoms with Crippen LogP contribution in [0.4, 0.5) is 22.0 Å². The molecule has 2 aromatic heterocycles. The molecule has 0 aliphatic heterocycles. The van der Waals surface area contributed by atoms with E-state index in [1.807, 2.05) is 0 Å². The largest absolute Gasteiger partial charge is 0.435 e. The average Bonchev–Trinajstić information content (AvgIpc) is 2.88. The first kappa shape index (κ1) is 17.3. The lowest BCUT2D eigenvalue weighted by Crippen LogP contribution is -2.21. The van der Waals surface area contributed by atoms with Crippen LogP contribution in [0.3, 0.4) is 0 Å². The number of benzene rings is 1. The molecule has 0 aliphatic carbocycles. The zero-order valence-corrected chi connectivity index (χ0v) is 13.0. The van der Waals surface area contributed by atoms with Crippen LogP contribution in [0.1, 0.15) is 18.3 Å². The Labute approximate surface area is 140 Å². The van der Waals surface area contributed by atoms with Gasteiger partial charge >= 0.3 is 11.9 Å². The highest BCUT2D eigenvalue weighted by Gasteiger charge is 2.43. The standard InChI is InChI=1S/C14H7ClF5N3O2/c1-13(16,17)10-11(14(18,19)20)22-7(4-21-10)5-2-3-6(15)8-9(5)25-12(24)23-8/h2-4H,1H3,(H,23,24). The zero-order chi connectivity index (χ0) is 18.6. The van der Waals surface area contributed by atoms with Gasteiger partial charge in [-0.15, -0.1) is 0 Å². The maximum atomic E-state index is 13.4. The zero-order valence-electron chi connectivity index (χ0n) is 12.2. The van der Waals surface area contributed by atoms with Gasteiger partial charge in [0.2, 0.25) is 0 Å². The van der Waals surface area contributed by atoms with Crippen molar-refractivity contribution >= 4 is 22.7 Å². The Kier molecular flexibility index (Phi) is 3.82. The summed E-state index contributed by atoms with van der Waals surface area (Å²) in [7, 11) is 0. The highest BCUT2D eigenvalue weighted by Crippen LogP contribution is 2.38. The summed E-state index contributed by atoms with van der Waals surface area (Å²) in [6.07, 6.45) is -4.40. The lowest BCUT2D eigenvalue weighted by atomic mass is 10.1. The minimum Gasteiger partial charge on any atom is -0.407 e. The first-order valence-corrected chi connectivity index (χ1v) is 7.00. The number of nitrogens with one attached hydrogen (secondary N) is 1. The summed E-state index contributed by atoms with van der Waals surface area (Å²) in [5, 5.41) is 0.0883. The lowest BCUT2D eigenvalue weighted by molar-refractivity contribution is -0.145. The van der Waals surface area contributed by atoms with E-state index in [2.05, 4.69) is 15.0 Å². The molecule has 132 valence electrons. The summed E-state index contributed by atoms with van der Waals surface area (Å²) < 4.78 is 71.0. The van der Waals surface area contributed by atoms with Crippen molar-refractivity contribution in [3.63, 3.8) is 0 Å². The van der Waals surface area contributed by atoms with Crippen molar-refractivity contribution < 1.29 is 26.4 Å². The molecule has 5 nitrogen and oxygen atoms in total. The molecule has 0 unspecified atom stereocenters. The van der Waals surface area contributed by atoms with Gasteiger partial charge < -0.3 is 4.42 Å². The molecule has 3 rings (SSSR count). The third-order valence-corrected chi connectivity index (χ3v) is 3.58. The molecule has 0 bridgehead atoms. The van der Waals surface area contributed by atoms with E-state index >= 15 is 0 Å². The van der Waals surface area contributed by atoms with Crippen molar-refractivity contribution in [2.45, 2.75) is 19.0 Å². The van der Waals surface area contributed by atoms with E-state index in [-0.39, 0.29) is 28.6 Å². The van der Waals surface area contributed by atoms with Crippen molar-refractivity contribution in [1.82, 2.24) is 15.0 Å². The number of oxazole rings is 1. The Balaban J connectivity index is 2.30. The van der Waals surface area contributed by atoms with E-state index in [0.29, 0.717) is 0 Å². The molecular weight excluding hydrogens is 373 g/mol. The molecule has 25 heavy (non-hydrogen) atoms. The maximum Gasteiger partial charge on any atom is 0.435 e. The van der Waals surface area contributed by atoms with E-state index in [4.69, 9.17) is 16.0 Å². The minimum absolute atomic E-state index is 0.0458. The van der Waals surface area contributed by atoms with Gasteiger partial charge in [-0.3, -0.25) is 9.97 Å². The first-order valence-electron chi connectivity index (χ1n) is 6.62. The summed E-state index contributed by atoms with van der Waals surface area (Å²) in [4.78, 5) is 20.1. The molecular formula is C14H7ClF5N3O2. The van der Waals surface area contributed by atoms with Gasteiger partial charge in [-0.05, 0) is 12.1 Å². The van der Waals surface area contributed by atoms with Gasteiger partial charge in [0.05, 0.1) is 16.9 Å². The molecule has 0 amide bonds. The second-order valence-corrected chi connectivity index (χ2v) is 5.56. The summed E-state index contributed by atoms with van der Waals surface area (Å²) in [6, 6.07) is 2.54. The normalized spacial score (nSPS) is 12.8. The molecule has 0 radical (unpaired) electrons. The van der Waals surface area contributed by atoms with E-state index in [1.54, 1.807) is 0 Å². The number of aromatic amines is 1. The van der Waals surface area contributed by atoms with Crippen LogP contribution in [0.5, 0.6) is 0 Å². The number of aromatic nitrogens is 3. The fourth-order valence-electron chi connectivity index (χ4n) is 2.24. The van der Waals surface area contributed by atoms with Crippen molar-refractivity contribution in [2.24, 2.45) is 0 Å². The number of H-pyrrole nitrogens is 1. The lowest BCUT2D eigenvalue weighted by Gasteiger charge is -2.16. The van der Waals surface area contributed by atoms with Crippen molar-refractivity contribution in [3.05, 3.63) is 45.3 Å². The van der Waals surface area contributed by atoms with Crippen LogP contribution in [-0.4, -0.2) is 15.0 Å². The van der Waals surface area contributed by atoms with Gasteiger partial charge in [0.15, 0.2) is 11.3 Å². The van der Waals surface area contributed by atoms with Crippen LogP contribution in [0.15, 0.2) is 27.5 Å². The molecule has 2 heterocycles. The fraction of sp³-hybridized carbons (Fsp3) is 0.214. The van der Waals surface area contributed by atoms with Gasteiger partial charge in [0, 0.05) is 12.5 Å². The number of halogens is 6. The van der Waals surface area contributed by atoms with Gasteiger partial charge in [0.25, 0.3) is 5.92 Å². The molecule has 0 atom stereocenters. The Hall–Kier alpha value is -2.49. The fourth-order valence-corrected chi connectivity index (χ4v) is 2.44. The molecule has 0 aliphatic rings. The smallest absolute Gasteiger partial charge is 0.407 e. The third kappa shape index (κ3) is 3.09. The minimum atomic E-state index is -5.15. The number of hydrogen-bond acceptors (Lipinski definition) is 4. The highest BCUT2D eigenvalue weighted by atomic mass is 35.5. The monoisotopic (exact) mass is 379 g/mol. The molecule has 11 heteroatoms. The number of fused-ring (bicyclic) bond motifs is 1. The van der Waals surface area contributed by atoms with Crippen LogP contribution in [0, 0.1) is 0 Å². The Morgan fingerprint density at radius 3 is 2.44 bits per heavy atom. The Bertz CT molecular complexity index is 1020. The second-order valence-electron chi connectivity index (χ2n) is 5.15. The quantitative estimate of drug-likeness (QED) is 0.671. The van der Waals surface area contributed by atoms with Crippen molar-refractivity contribution in [2.75, 3.05) is 0 Å². The number of rotatable bonds is 2. The predicted octanol–water partition coefficient (Wildman–Crippen LogP) is 4.36. The SMILES string of the molecule is CC(F)(F)c1ncc(-c2ccc(Cl)c3[nH]c(=O)oc23)nc1C(F)(F)F. The number of hydrogen-bond donors (Lipinski definition) is 1. The van der Waals surface area contributed by atoms with Crippen molar-refractivity contribution in [1.29, 1.82) is 0 Å². The van der Waals surface area contributed by atoms with E-state index in [1.165, 1.54) is 12.1 Å². The van der Waals surface area contributed by atoms with Gasteiger partial charge in [-0.2, -0.15) is 22.0 Å². The molecule has 3 aromatic rings. The number of alkyl halides is 5. The Morgan fingerprint density at radius 1 is 1.16 bits per heavy atom. The van der Waals surface area contributed by atoms with E-state index in [9.17, 15) is 26.7 Å². The molecule has 0 fully saturated rings. The van der Waals surface area contributed by atoms with Crippen LogP contribution >= 0.6 is 11.6 Å². The highest BCUT2D eigenvalue weighted by molar-refractivity contribution is 6.35. The molecule has 0 spiro atoms. The predicted molar refractivity (Wildman–Crippen MR) is 77.4 cm³/mol. The molecule has 1 aromatic carbocycles. The van der Waals surface area contributed by atoms with E-state index in [0.717, 1.165) is 6.20 Å². The van der Waals surface area contributed by atoms with Crippen LogP contribution < -0.4 is 5.76 Å². The van der Waals surface area contributed by atoms with Crippen LogP contribution in [-0.2, 0) is 12.1 Å². The van der Waals surface area contributed by atoms with Crippen LogP contribution in [0.2, 0.25) is 5.02 Å². The molecule has 1 N–H and O–H groups in total. The third-order valence-electron chi connectivity index (χ3n) is 3.26. The summed E-state index contributed by atoms with van der Waals surface area (Å²) in [5.74, 6) is -4.73. The molecule has 0 saturated carbocycles. The summed E-state index contributed by atoms with van der Waals surface area (Å²) >= 11 is 5.87. The summed E-state index contributed by atoms with van der Waals surface area (Å²) in [5.41, 5.74) is -3.88. The summed E-state index contributed by atoms with van der Waals surface area (Å²) in [6.45, 7) is 0.289. The average molecular weight is 380 g/mol. The Morgan fingerprint density at radius 2 is 1.84 bits per heavy atom. The van der Waals surface area contributed by atoms with E-state index < -0.39 is 34.9 Å². The number of nitrogens with zero attached hydrogens (tertiary/aromatic N) is 2. The van der Waals surface area contributed by atoms with Gasteiger partial charge in [-0.25, -0.2) is 9.78 Å². The van der Waals surface area contributed by atoms with Crippen molar-refractivity contribution in [3.8, 4) is 11.3 Å². The first-order chi connectivity index (χ1) is 11.5. The maximum absolute atomic E-state index is 13.4. The van der Waals surface area contributed by atoms with Crippen LogP contribution in [0.25, 0.3) is 22.4 Å². The second kappa shape index (κ2) is 5.51. The van der Waals surface area contributed by atoms with Gasteiger partial charge in [-0.1, -0.05) is 11.6 Å².